The van der Waals surface area contributed by atoms with E-state index in [0.29, 0.717) is 13.2 Å². The Labute approximate surface area is 88.4 Å². The van der Waals surface area contributed by atoms with E-state index in [1.807, 2.05) is 25.1 Å². The Hall–Kier alpha value is -1.71. The van der Waals surface area contributed by atoms with E-state index >= 15 is 0 Å². The maximum Gasteiger partial charge on any atom is 0.414 e. The molecule has 0 radical (unpaired) electrons. The highest BCUT2D eigenvalue weighted by molar-refractivity contribution is 5.90. The smallest absolute Gasteiger partial charge is 0.414 e. The number of aryl methyl sites for hydroxylation is 1. The van der Waals surface area contributed by atoms with E-state index < -0.39 is 0 Å². The molecule has 15 heavy (non-hydrogen) atoms. The zero-order valence-corrected chi connectivity index (χ0v) is 8.82. The first-order valence-electron chi connectivity index (χ1n) is 4.81. The molecule has 4 nitrogen and oxygen atoms in total. The largest absolute Gasteiger partial charge is 0.490 e. The van der Waals surface area contributed by atoms with Gasteiger partial charge in [0.15, 0.2) is 0 Å². The van der Waals surface area contributed by atoms with E-state index in [4.69, 9.17) is 9.47 Å². The standard InChI is InChI=1S/C11H13NO3/c1-8-3-4-10-9(7-8)12(5-6-15-10)11(13)14-2/h3-4,7H,5-6H2,1-2H3. The summed E-state index contributed by atoms with van der Waals surface area (Å²) in [5.41, 5.74) is 1.88. The number of benzene rings is 1. The third-order valence-electron chi connectivity index (χ3n) is 2.37. The SMILES string of the molecule is COC(=O)N1CCOc2ccc(C)cc21. The van der Waals surface area contributed by atoms with Crippen LogP contribution in [0.2, 0.25) is 0 Å². The van der Waals surface area contributed by atoms with Gasteiger partial charge >= 0.3 is 6.09 Å². The van der Waals surface area contributed by atoms with Gasteiger partial charge in [-0.15, -0.1) is 0 Å². The molecular weight excluding hydrogens is 194 g/mol. The summed E-state index contributed by atoms with van der Waals surface area (Å²) in [6.07, 6.45) is -0.342. The van der Waals surface area contributed by atoms with Crippen molar-refractivity contribution >= 4 is 11.8 Å². The van der Waals surface area contributed by atoms with Gasteiger partial charge in [-0.2, -0.15) is 0 Å². The predicted octanol–water partition coefficient (Wildman–Crippen LogP) is 1.96. The normalized spacial score (nSPS) is 14.1. The Kier molecular flexibility index (Phi) is 2.49. The van der Waals surface area contributed by atoms with Gasteiger partial charge in [-0.3, -0.25) is 4.90 Å². The average Bonchev–Trinajstić information content (AvgIpc) is 2.27. The van der Waals surface area contributed by atoms with Crippen molar-refractivity contribution in [2.24, 2.45) is 0 Å². The first-order valence-corrected chi connectivity index (χ1v) is 4.81. The molecule has 0 N–H and O–H groups in total. The van der Waals surface area contributed by atoms with E-state index in [2.05, 4.69) is 0 Å². The number of rotatable bonds is 0. The average molecular weight is 207 g/mol. The summed E-state index contributed by atoms with van der Waals surface area (Å²) in [5, 5.41) is 0. The minimum atomic E-state index is -0.342. The lowest BCUT2D eigenvalue weighted by molar-refractivity contribution is 0.174. The highest BCUT2D eigenvalue weighted by Gasteiger charge is 2.23. The Morgan fingerprint density at radius 1 is 1.53 bits per heavy atom. The summed E-state index contributed by atoms with van der Waals surface area (Å²) in [4.78, 5) is 13.1. The molecule has 1 aliphatic rings. The minimum absolute atomic E-state index is 0.342. The molecule has 0 unspecified atom stereocenters. The van der Waals surface area contributed by atoms with E-state index in [9.17, 15) is 4.79 Å². The van der Waals surface area contributed by atoms with Gasteiger partial charge in [-0.25, -0.2) is 4.79 Å². The maximum absolute atomic E-state index is 11.5. The van der Waals surface area contributed by atoms with Gasteiger partial charge in [0.2, 0.25) is 0 Å². The van der Waals surface area contributed by atoms with E-state index in [-0.39, 0.29) is 6.09 Å². The van der Waals surface area contributed by atoms with E-state index in [1.54, 1.807) is 4.90 Å². The first-order chi connectivity index (χ1) is 7.22. The van der Waals surface area contributed by atoms with E-state index in [0.717, 1.165) is 17.0 Å². The molecule has 0 fully saturated rings. The van der Waals surface area contributed by atoms with Crippen LogP contribution in [0.4, 0.5) is 10.5 Å². The summed E-state index contributed by atoms with van der Waals surface area (Å²) in [6, 6.07) is 5.75. The fourth-order valence-electron chi connectivity index (χ4n) is 1.63. The van der Waals surface area contributed by atoms with Gasteiger partial charge in [0.05, 0.1) is 19.3 Å². The van der Waals surface area contributed by atoms with Crippen LogP contribution in [0.5, 0.6) is 5.75 Å². The molecule has 4 heteroatoms. The zero-order valence-electron chi connectivity index (χ0n) is 8.82. The quantitative estimate of drug-likeness (QED) is 0.652. The number of carbonyl (C=O) groups is 1. The number of ether oxygens (including phenoxy) is 2. The molecule has 1 heterocycles. The van der Waals surface area contributed by atoms with Crippen LogP contribution in [-0.4, -0.2) is 26.4 Å². The third-order valence-corrected chi connectivity index (χ3v) is 2.37. The lowest BCUT2D eigenvalue weighted by Gasteiger charge is -2.28. The lowest BCUT2D eigenvalue weighted by Crippen LogP contribution is -2.37. The number of methoxy groups -OCH3 is 1. The molecule has 0 aromatic heterocycles. The second-order valence-electron chi connectivity index (χ2n) is 3.44. The number of hydrogen-bond acceptors (Lipinski definition) is 3. The molecule has 80 valence electrons. The van der Waals surface area contributed by atoms with Gasteiger partial charge in [0, 0.05) is 0 Å². The Morgan fingerprint density at radius 2 is 2.33 bits per heavy atom. The van der Waals surface area contributed by atoms with Crippen molar-refractivity contribution in [3.8, 4) is 5.75 Å². The molecule has 0 aliphatic carbocycles. The van der Waals surface area contributed by atoms with Crippen molar-refractivity contribution < 1.29 is 14.3 Å². The van der Waals surface area contributed by atoms with Crippen LogP contribution < -0.4 is 9.64 Å². The summed E-state index contributed by atoms with van der Waals surface area (Å²) < 4.78 is 10.2. The van der Waals surface area contributed by atoms with Gasteiger partial charge < -0.3 is 9.47 Å². The number of amides is 1. The van der Waals surface area contributed by atoms with Crippen LogP contribution in [0.25, 0.3) is 0 Å². The molecule has 0 bridgehead atoms. The number of fused-ring (bicyclic) bond motifs is 1. The fourth-order valence-corrected chi connectivity index (χ4v) is 1.63. The molecule has 0 atom stereocenters. The van der Waals surface area contributed by atoms with Crippen molar-refractivity contribution in [2.45, 2.75) is 6.92 Å². The Balaban J connectivity index is 2.40. The van der Waals surface area contributed by atoms with Crippen molar-refractivity contribution in [3.63, 3.8) is 0 Å². The molecule has 1 amide bonds. The van der Waals surface area contributed by atoms with Crippen LogP contribution >= 0.6 is 0 Å². The summed E-state index contributed by atoms with van der Waals surface area (Å²) in [7, 11) is 1.38. The van der Waals surface area contributed by atoms with Gasteiger partial charge in [0.1, 0.15) is 12.4 Å². The topological polar surface area (TPSA) is 38.8 Å². The van der Waals surface area contributed by atoms with Crippen LogP contribution in [0.15, 0.2) is 18.2 Å². The van der Waals surface area contributed by atoms with Gasteiger partial charge in [0.25, 0.3) is 0 Å². The van der Waals surface area contributed by atoms with Crippen molar-refractivity contribution in [1.29, 1.82) is 0 Å². The van der Waals surface area contributed by atoms with Gasteiger partial charge in [-0.1, -0.05) is 6.07 Å². The number of carbonyl (C=O) groups excluding carboxylic acids is 1. The number of anilines is 1. The second kappa shape index (κ2) is 3.81. The van der Waals surface area contributed by atoms with Crippen molar-refractivity contribution in [2.75, 3.05) is 25.2 Å². The summed E-state index contributed by atoms with van der Waals surface area (Å²) in [5.74, 6) is 0.734. The Morgan fingerprint density at radius 3 is 3.07 bits per heavy atom. The van der Waals surface area contributed by atoms with Crippen LogP contribution in [0, 0.1) is 6.92 Å². The fraction of sp³-hybridized carbons (Fsp3) is 0.364. The highest BCUT2D eigenvalue weighted by Crippen LogP contribution is 2.32. The van der Waals surface area contributed by atoms with Crippen molar-refractivity contribution in [3.05, 3.63) is 23.8 Å². The highest BCUT2D eigenvalue weighted by atomic mass is 16.5. The molecule has 0 spiro atoms. The minimum Gasteiger partial charge on any atom is -0.490 e. The zero-order chi connectivity index (χ0) is 10.8. The van der Waals surface area contributed by atoms with Gasteiger partial charge in [-0.05, 0) is 24.6 Å². The molecule has 1 aromatic rings. The van der Waals surface area contributed by atoms with E-state index in [1.165, 1.54) is 7.11 Å². The molecule has 0 saturated heterocycles. The molecular formula is C11H13NO3. The van der Waals surface area contributed by atoms with Crippen LogP contribution in [-0.2, 0) is 4.74 Å². The first kappa shape index (κ1) is 9.83. The monoisotopic (exact) mass is 207 g/mol. The molecule has 2 rings (SSSR count). The second-order valence-corrected chi connectivity index (χ2v) is 3.44. The lowest BCUT2D eigenvalue weighted by atomic mass is 10.2. The third kappa shape index (κ3) is 1.75. The van der Waals surface area contributed by atoms with Crippen LogP contribution in [0.1, 0.15) is 5.56 Å². The number of nitrogens with zero attached hydrogens (tertiary/aromatic N) is 1. The van der Waals surface area contributed by atoms with Crippen LogP contribution in [0.3, 0.4) is 0 Å². The predicted molar refractivity (Wildman–Crippen MR) is 56.4 cm³/mol. The summed E-state index contributed by atoms with van der Waals surface area (Å²) in [6.45, 7) is 3.01. The molecule has 0 saturated carbocycles. The molecule has 1 aromatic carbocycles. The maximum atomic E-state index is 11.5. The summed E-state index contributed by atoms with van der Waals surface area (Å²) >= 11 is 0. The molecule has 1 aliphatic heterocycles. The number of hydrogen-bond donors (Lipinski definition) is 0. The van der Waals surface area contributed by atoms with Crippen molar-refractivity contribution in [1.82, 2.24) is 0 Å². The Bertz CT molecular complexity index is 389.